The van der Waals surface area contributed by atoms with Gasteiger partial charge < -0.3 is 4.74 Å². The lowest BCUT2D eigenvalue weighted by atomic mass is 10.4. The van der Waals surface area contributed by atoms with Crippen molar-refractivity contribution in [3.63, 3.8) is 0 Å². The van der Waals surface area contributed by atoms with Gasteiger partial charge in [0.15, 0.2) is 0 Å². The van der Waals surface area contributed by atoms with Crippen LogP contribution < -0.4 is 0 Å². The Labute approximate surface area is 87.1 Å². The lowest BCUT2D eigenvalue weighted by molar-refractivity contribution is -0.143. The fraction of sp³-hybridized carbons (Fsp3) is 0.857. The minimum absolute atomic E-state index is 0.193. The quantitative estimate of drug-likeness (QED) is 0.424. The van der Waals surface area contributed by atoms with E-state index >= 15 is 0 Å². The molecule has 12 heavy (non-hydrogen) atoms. The lowest BCUT2D eigenvalue weighted by Gasteiger charge is -2.09. The van der Waals surface area contributed by atoms with Gasteiger partial charge in [-0.25, -0.2) is 0 Å². The molecular weight excluding hydrogens is 222 g/mol. The van der Waals surface area contributed by atoms with E-state index in [4.69, 9.17) is 39.5 Å². The van der Waals surface area contributed by atoms with Crippen LogP contribution in [0.15, 0.2) is 0 Å². The van der Waals surface area contributed by atoms with Crippen molar-refractivity contribution in [2.45, 2.75) is 30.0 Å². The van der Waals surface area contributed by atoms with Crippen LogP contribution >= 0.6 is 34.8 Å². The lowest BCUT2D eigenvalue weighted by Crippen LogP contribution is -2.14. The average Bonchev–Trinajstić information content (AvgIpc) is 1.84. The van der Waals surface area contributed by atoms with Crippen LogP contribution in [0.25, 0.3) is 0 Å². The smallest absolute Gasteiger partial charge is 0.310 e. The van der Waals surface area contributed by atoms with Gasteiger partial charge >= 0.3 is 5.97 Å². The standard InChI is InChI=1S/C7H11Cl3O2/c1-2-3-4-12-6(11)5-7(8,9)10/h2-5H2,1H3. The number of hydrogen-bond acceptors (Lipinski definition) is 2. The van der Waals surface area contributed by atoms with E-state index in [0.717, 1.165) is 12.8 Å². The Morgan fingerprint density at radius 1 is 1.42 bits per heavy atom. The summed E-state index contributed by atoms with van der Waals surface area (Å²) in [5.41, 5.74) is 0. The molecule has 0 atom stereocenters. The van der Waals surface area contributed by atoms with Gasteiger partial charge in [0.05, 0.1) is 13.0 Å². The van der Waals surface area contributed by atoms with Crippen molar-refractivity contribution >= 4 is 40.8 Å². The highest BCUT2D eigenvalue weighted by Crippen LogP contribution is 2.30. The number of carbonyl (C=O) groups is 1. The molecule has 0 amide bonds. The monoisotopic (exact) mass is 232 g/mol. The summed E-state index contributed by atoms with van der Waals surface area (Å²) in [5.74, 6) is -0.469. The van der Waals surface area contributed by atoms with Crippen LogP contribution in [0.4, 0.5) is 0 Å². The summed E-state index contributed by atoms with van der Waals surface area (Å²) in [7, 11) is 0. The van der Waals surface area contributed by atoms with Crippen molar-refractivity contribution in [2.24, 2.45) is 0 Å². The SMILES string of the molecule is CCCCOC(=O)CC(Cl)(Cl)Cl. The molecule has 0 radical (unpaired) electrons. The third-order valence-electron chi connectivity index (χ3n) is 1.11. The first-order valence-electron chi connectivity index (χ1n) is 3.68. The zero-order chi connectivity index (χ0) is 9.61. The van der Waals surface area contributed by atoms with Gasteiger partial charge in [-0.1, -0.05) is 48.1 Å². The highest BCUT2D eigenvalue weighted by Gasteiger charge is 2.24. The Hall–Kier alpha value is 0.340. The predicted molar refractivity (Wildman–Crippen MR) is 50.8 cm³/mol. The van der Waals surface area contributed by atoms with Gasteiger partial charge in [-0.15, -0.1) is 0 Å². The first-order chi connectivity index (χ1) is 5.45. The molecule has 0 fully saturated rings. The van der Waals surface area contributed by atoms with E-state index in [1.54, 1.807) is 0 Å². The number of rotatable bonds is 4. The van der Waals surface area contributed by atoms with E-state index in [9.17, 15) is 4.79 Å². The molecule has 0 aliphatic rings. The van der Waals surface area contributed by atoms with Crippen molar-refractivity contribution in [3.05, 3.63) is 0 Å². The van der Waals surface area contributed by atoms with Gasteiger partial charge in [-0.05, 0) is 6.42 Å². The highest BCUT2D eigenvalue weighted by molar-refractivity contribution is 6.68. The molecule has 5 heteroatoms. The zero-order valence-electron chi connectivity index (χ0n) is 6.78. The summed E-state index contributed by atoms with van der Waals surface area (Å²) in [6, 6.07) is 0. The van der Waals surface area contributed by atoms with Crippen LogP contribution in [0.5, 0.6) is 0 Å². The Morgan fingerprint density at radius 3 is 2.42 bits per heavy atom. The molecular formula is C7H11Cl3O2. The molecule has 0 saturated carbocycles. The number of ether oxygens (including phenoxy) is 1. The molecule has 0 N–H and O–H groups in total. The van der Waals surface area contributed by atoms with Gasteiger partial charge in [-0.3, -0.25) is 4.79 Å². The summed E-state index contributed by atoms with van der Waals surface area (Å²) in [6.07, 6.45) is 1.62. The molecule has 0 bridgehead atoms. The molecule has 2 nitrogen and oxygen atoms in total. The molecule has 0 aromatic carbocycles. The summed E-state index contributed by atoms with van der Waals surface area (Å²) in [6.45, 7) is 2.40. The van der Waals surface area contributed by atoms with Gasteiger partial charge in [-0.2, -0.15) is 0 Å². The van der Waals surface area contributed by atoms with Gasteiger partial charge in [0.1, 0.15) is 0 Å². The van der Waals surface area contributed by atoms with Crippen molar-refractivity contribution < 1.29 is 9.53 Å². The maximum atomic E-state index is 10.9. The molecule has 0 aromatic heterocycles. The summed E-state index contributed by atoms with van der Waals surface area (Å²) < 4.78 is 3.23. The fourth-order valence-corrected chi connectivity index (χ4v) is 0.872. The number of halogens is 3. The van der Waals surface area contributed by atoms with E-state index in [2.05, 4.69) is 0 Å². The van der Waals surface area contributed by atoms with Crippen LogP contribution in [0.2, 0.25) is 0 Å². The highest BCUT2D eigenvalue weighted by atomic mass is 35.6. The molecule has 0 unspecified atom stereocenters. The summed E-state index contributed by atoms with van der Waals surface area (Å²) in [5, 5.41) is 0. The van der Waals surface area contributed by atoms with E-state index in [-0.39, 0.29) is 6.42 Å². The maximum absolute atomic E-state index is 10.9. The minimum atomic E-state index is -1.54. The van der Waals surface area contributed by atoms with Crippen molar-refractivity contribution in [2.75, 3.05) is 6.61 Å². The fourth-order valence-electron chi connectivity index (χ4n) is 0.545. The average molecular weight is 234 g/mol. The molecule has 0 spiro atoms. The van der Waals surface area contributed by atoms with Crippen molar-refractivity contribution in [1.82, 2.24) is 0 Å². The van der Waals surface area contributed by atoms with E-state index < -0.39 is 9.76 Å². The number of esters is 1. The third kappa shape index (κ3) is 8.44. The molecule has 72 valence electrons. The normalized spacial score (nSPS) is 11.3. The third-order valence-corrected chi connectivity index (χ3v) is 1.51. The predicted octanol–water partition coefficient (Wildman–Crippen LogP) is 3.09. The van der Waals surface area contributed by atoms with Crippen LogP contribution in [0.3, 0.4) is 0 Å². The van der Waals surface area contributed by atoms with Crippen LogP contribution in [0, 0.1) is 0 Å². The Morgan fingerprint density at radius 2 is 2.00 bits per heavy atom. The molecule has 0 rings (SSSR count). The number of carbonyl (C=O) groups excluding carboxylic acids is 1. The molecule has 0 aliphatic carbocycles. The number of alkyl halides is 3. The summed E-state index contributed by atoms with van der Waals surface area (Å²) in [4.78, 5) is 10.9. The first-order valence-corrected chi connectivity index (χ1v) is 4.81. The Bertz CT molecular complexity index is 142. The summed E-state index contributed by atoms with van der Waals surface area (Å²) >= 11 is 16.1. The van der Waals surface area contributed by atoms with Gasteiger partial charge in [0.25, 0.3) is 0 Å². The van der Waals surface area contributed by atoms with Crippen molar-refractivity contribution in [3.8, 4) is 0 Å². The molecule has 0 aromatic rings. The number of unbranched alkanes of at least 4 members (excludes halogenated alkanes) is 1. The molecule has 0 saturated heterocycles. The molecule has 0 heterocycles. The van der Waals surface area contributed by atoms with Crippen molar-refractivity contribution in [1.29, 1.82) is 0 Å². The molecule has 0 aliphatic heterocycles. The Kier molecular flexibility index (Phi) is 6.06. The first kappa shape index (κ1) is 12.3. The second-order valence-corrected chi connectivity index (χ2v) is 4.88. The van der Waals surface area contributed by atoms with Crippen LogP contribution in [-0.2, 0) is 9.53 Å². The maximum Gasteiger partial charge on any atom is 0.310 e. The number of hydrogen-bond donors (Lipinski definition) is 0. The van der Waals surface area contributed by atoms with E-state index in [0.29, 0.717) is 6.61 Å². The zero-order valence-corrected chi connectivity index (χ0v) is 9.05. The van der Waals surface area contributed by atoms with E-state index in [1.165, 1.54) is 0 Å². The topological polar surface area (TPSA) is 26.3 Å². The Balaban J connectivity index is 3.47. The second kappa shape index (κ2) is 5.90. The van der Waals surface area contributed by atoms with Crippen LogP contribution in [-0.4, -0.2) is 16.4 Å². The van der Waals surface area contributed by atoms with Gasteiger partial charge in [0.2, 0.25) is 3.79 Å². The second-order valence-electron chi connectivity index (χ2n) is 2.37. The largest absolute Gasteiger partial charge is 0.466 e. The minimum Gasteiger partial charge on any atom is -0.466 e. The van der Waals surface area contributed by atoms with E-state index in [1.807, 2.05) is 6.92 Å². The van der Waals surface area contributed by atoms with Crippen LogP contribution in [0.1, 0.15) is 26.2 Å². The van der Waals surface area contributed by atoms with Gasteiger partial charge in [0, 0.05) is 0 Å².